The Balaban J connectivity index is 2.16. The third-order valence-corrected chi connectivity index (χ3v) is 5.37. The topological polar surface area (TPSA) is 31.2 Å². The van der Waals surface area contributed by atoms with Crippen LogP contribution in [-0.2, 0) is 17.7 Å². The van der Waals surface area contributed by atoms with Crippen LogP contribution in [0.1, 0.15) is 48.3 Å². The van der Waals surface area contributed by atoms with Gasteiger partial charge in [-0.3, -0.25) is 4.79 Å². The molecule has 0 aliphatic carbocycles. The van der Waals surface area contributed by atoms with Crippen molar-refractivity contribution in [2.24, 2.45) is 0 Å². The number of methoxy groups -OCH3 is 1. The van der Waals surface area contributed by atoms with Gasteiger partial charge in [-0.15, -0.1) is 0 Å². The summed E-state index contributed by atoms with van der Waals surface area (Å²) in [5, 5.41) is 1.76. The second-order valence-corrected chi connectivity index (χ2v) is 7.35. The first kappa shape index (κ1) is 19.7. The van der Waals surface area contributed by atoms with Crippen molar-refractivity contribution in [1.82, 2.24) is 4.57 Å². The molecule has 0 radical (unpaired) electrons. The van der Waals surface area contributed by atoms with Gasteiger partial charge in [0.2, 0.25) is 0 Å². The zero-order valence-electron chi connectivity index (χ0n) is 16.2. The first-order valence-corrected chi connectivity index (χ1v) is 9.84. The summed E-state index contributed by atoms with van der Waals surface area (Å²) in [5.41, 5.74) is 4.06. The highest BCUT2D eigenvalue weighted by molar-refractivity contribution is 6.31. The van der Waals surface area contributed by atoms with Gasteiger partial charge in [0.05, 0.1) is 6.10 Å². The number of ether oxygens (including phenoxy) is 1. The second-order valence-electron chi connectivity index (χ2n) is 6.94. The minimum Gasteiger partial charge on any atom is -0.381 e. The fourth-order valence-electron chi connectivity index (χ4n) is 3.59. The Morgan fingerprint density at radius 2 is 1.85 bits per heavy atom. The standard InChI is InChI=1S/C23H26ClNO2/c1-4-9-21-23(22(26)14-16(2)27-3)18-11-6-8-13-20(18)25(21)15-17-10-5-7-12-19(17)24/h5-8,10-13,16H,4,9,14-15H2,1-3H3. The van der Waals surface area contributed by atoms with Gasteiger partial charge < -0.3 is 9.30 Å². The lowest BCUT2D eigenvalue weighted by Gasteiger charge is -2.13. The van der Waals surface area contributed by atoms with E-state index < -0.39 is 0 Å². The number of Topliss-reactive ketones (excluding diaryl/α,β-unsaturated/α-hetero) is 1. The molecule has 4 heteroatoms. The maximum absolute atomic E-state index is 13.1. The Morgan fingerprint density at radius 3 is 2.56 bits per heavy atom. The van der Waals surface area contributed by atoms with Gasteiger partial charge in [-0.1, -0.05) is 61.3 Å². The summed E-state index contributed by atoms with van der Waals surface area (Å²) < 4.78 is 7.58. The molecule has 1 atom stereocenters. The summed E-state index contributed by atoms with van der Waals surface area (Å²) in [7, 11) is 1.64. The average Bonchev–Trinajstić information content (AvgIpc) is 2.97. The molecule has 0 fully saturated rings. The van der Waals surface area contributed by atoms with E-state index in [2.05, 4.69) is 17.6 Å². The number of aromatic nitrogens is 1. The molecular weight excluding hydrogens is 358 g/mol. The molecule has 0 aliphatic rings. The fourth-order valence-corrected chi connectivity index (χ4v) is 3.78. The zero-order chi connectivity index (χ0) is 19.4. The number of fused-ring (bicyclic) bond motifs is 1. The van der Waals surface area contributed by atoms with E-state index >= 15 is 0 Å². The van der Waals surface area contributed by atoms with Crippen molar-refractivity contribution < 1.29 is 9.53 Å². The van der Waals surface area contributed by atoms with Crippen LogP contribution in [0.3, 0.4) is 0 Å². The number of halogens is 1. The third-order valence-electron chi connectivity index (χ3n) is 5.01. The second kappa shape index (κ2) is 8.73. The van der Waals surface area contributed by atoms with Crippen molar-refractivity contribution in [1.29, 1.82) is 0 Å². The molecule has 2 aromatic carbocycles. The first-order valence-electron chi connectivity index (χ1n) is 9.46. The number of hydrogen-bond acceptors (Lipinski definition) is 2. The lowest BCUT2D eigenvalue weighted by atomic mass is 10.00. The number of rotatable bonds is 8. The van der Waals surface area contributed by atoms with Crippen LogP contribution in [0.4, 0.5) is 0 Å². The summed E-state index contributed by atoms with van der Waals surface area (Å²) in [4.78, 5) is 13.1. The Hall–Kier alpha value is -2.10. The van der Waals surface area contributed by atoms with E-state index in [4.69, 9.17) is 16.3 Å². The SMILES string of the molecule is CCCc1c(C(=O)CC(C)OC)c2ccccc2n1Cc1ccccc1Cl. The summed E-state index contributed by atoms with van der Waals surface area (Å²) in [6, 6.07) is 16.0. The van der Waals surface area contributed by atoms with Crippen LogP contribution in [0.2, 0.25) is 5.02 Å². The van der Waals surface area contributed by atoms with Crippen LogP contribution >= 0.6 is 11.6 Å². The molecular formula is C23H26ClNO2. The molecule has 27 heavy (non-hydrogen) atoms. The molecule has 3 aromatic rings. The van der Waals surface area contributed by atoms with Gasteiger partial charge in [0, 0.05) is 47.3 Å². The summed E-state index contributed by atoms with van der Waals surface area (Å²) >= 11 is 6.41. The van der Waals surface area contributed by atoms with E-state index in [1.54, 1.807) is 7.11 Å². The maximum Gasteiger partial charge on any atom is 0.167 e. The van der Waals surface area contributed by atoms with Crippen LogP contribution in [0.5, 0.6) is 0 Å². The van der Waals surface area contributed by atoms with Gasteiger partial charge >= 0.3 is 0 Å². The molecule has 0 amide bonds. The highest BCUT2D eigenvalue weighted by atomic mass is 35.5. The number of nitrogens with zero attached hydrogens (tertiary/aromatic N) is 1. The number of benzene rings is 2. The molecule has 1 aromatic heterocycles. The Bertz CT molecular complexity index is 945. The van der Waals surface area contributed by atoms with Crippen molar-refractivity contribution >= 4 is 28.3 Å². The van der Waals surface area contributed by atoms with Gasteiger partial charge in [0.25, 0.3) is 0 Å². The number of hydrogen-bond donors (Lipinski definition) is 0. The lowest BCUT2D eigenvalue weighted by Crippen LogP contribution is -2.14. The Kier molecular flexibility index (Phi) is 6.35. The van der Waals surface area contributed by atoms with Crippen molar-refractivity contribution in [3.8, 4) is 0 Å². The number of carbonyl (C=O) groups is 1. The highest BCUT2D eigenvalue weighted by Gasteiger charge is 2.23. The van der Waals surface area contributed by atoms with Gasteiger partial charge in [-0.25, -0.2) is 0 Å². The minimum atomic E-state index is -0.0994. The quantitative estimate of drug-likeness (QED) is 0.453. The van der Waals surface area contributed by atoms with Gasteiger partial charge in [0.1, 0.15) is 0 Å². The van der Waals surface area contributed by atoms with Crippen LogP contribution in [0.25, 0.3) is 10.9 Å². The highest BCUT2D eigenvalue weighted by Crippen LogP contribution is 2.31. The van der Waals surface area contributed by atoms with Gasteiger partial charge in [0.15, 0.2) is 5.78 Å². The third kappa shape index (κ3) is 4.10. The van der Waals surface area contributed by atoms with E-state index in [0.717, 1.165) is 45.6 Å². The maximum atomic E-state index is 13.1. The van der Waals surface area contributed by atoms with E-state index in [1.165, 1.54) is 0 Å². The lowest BCUT2D eigenvalue weighted by molar-refractivity contribution is 0.0792. The van der Waals surface area contributed by atoms with Crippen molar-refractivity contribution in [2.75, 3.05) is 7.11 Å². The van der Waals surface area contributed by atoms with E-state index in [9.17, 15) is 4.79 Å². The average molecular weight is 384 g/mol. The summed E-state index contributed by atoms with van der Waals surface area (Å²) in [6.45, 7) is 4.73. The Morgan fingerprint density at radius 1 is 1.15 bits per heavy atom. The number of carbonyl (C=O) groups excluding carboxylic acids is 1. The Labute approximate surface area is 165 Å². The largest absolute Gasteiger partial charge is 0.381 e. The van der Waals surface area contributed by atoms with Gasteiger partial charge in [-0.2, -0.15) is 0 Å². The number of ketones is 1. The molecule has 142 valence electrons. The predicted molar refractivity (Wildman–Crippen MR) is 112 cm³/mol. The monoisotopic (exact) mass is 383 g/mol. The smallest absolute Gasteiger partial charge is 0.167 e. The van der Waals surface area contributed by atoms with E-state index in [1.807, 2.05) is 49.4 Å². The summed E-state index contributed by atoms with van der Waals surface area (Å²) in [5.74, 6) is 0.141. The molecule has 0 N–H and O–H groups in total. The van der Waals surface area contributed by atoms with Crippen LogP contribution < -0.4 is 0 Å². The molecule has 3 nitrogen and oxygen atoms in total. The van der Waals surface area contributed by atoms with Gasteiger partial charge in [-0.05, 0) is 31.0 Å². The van der Waals surface area contributed by atoms with Crippen LogP contribution in [0, 0.1) is 0 Å². The van der Waals surface area contributed by atoms with Crippen LogP contribution in [-0.4, -0.2) is 23.6 Å². The molecule has 0 aliphatic heterocycles. The van der Waals surface area contributed by atoms with Crippen molar-refractivity contribution in [3.63, 3.8) is 0 Å². The fraction of sp³-hybridized carbons (Fsp3) is 0.348. The molecule has 3 rings (SSSR count). The molecule has 1 heterocycles. The number of para-hydroxylation sites is 1. The zero-order valence-corrected chi connectivity index (χ0v) is 16.9. The van der Waals surface area contributed by atoms with Crippen molar-refractivity contribution in [3.05, 3.63) is 70.4 Å². The van der Waals surface area contributed by atoms with Crippen LogP contribution in [0.15, 0.2) is 48.5 Å². The molecule has 0 saturated heterocycles. The predicted octanol–water partition coefficient (Wildman–Crippen LogP) is 5.90. The molecule has 1 unspecified atom stereocenters. The molecule has 0 saturated carbocycles. The normalized spacial score (nSPS) is 12.4. The van der Waals surface area contributed by atoms with E-state index in [-0.39, 0.29) is 11.9 Å². The minimum absolute atomic E-state index is 0.0994. The van der Waals surface area contributed by atoms with E-state index in [0.29, 0.717) is 13.0 Å². The molecule has 0 bridgehead atoms. The van der Waals surface area contributed by atoms with Crippen molar-refractivity contribution in [2.45, 2.75) is 45.8 Å². The molecule has 0 spiro atoms. The summed E-state index contributed by atoms with van der Waals surface area (Å²) in [6.07, 6.45) is 2.10. The first-order chi connectivity index (χ1) is 13.1.